The second-order valence-corrected chi connectivity index (χ2v) is 11.7. The molecule has 0 aliphatic heterocycles. The summed E-state index contributed by atoms with van der Waals surface area (Å²) in [5, 5.41) is 2.83. The summed E-state index contributed by atoms with van der Waals surface area (Å²) in [6.07, 6.45) is 1.85. The lowest BCUT2D eigenvalue weighted by Gasteiger charge is -2.28. The third-order valence-electron chi connectivity index (χ3n) is 6.06. The number of alkyl carbamates (subject to hydrolysis) is 1. The van der Waals surface area contributed by atoms with E-state index >= 15 is 0 Å². The Morgan fingerprint density at radius 1 is 0.744 bits per heavy atom. The van der Waals surface area contributed by atoms with E-state index in [2.05, 4.69) is 58.7 Å². The first kappa shape index (κ1) is 30.4. The molecule has 8 heteroatoms. The first-order valence-corrected chi connectivity index (χ1v) is 15.9. The van der Waals surface area contributed by atoms with Gasteiger partial charge in [0.05, 0.1) is 6.61 Å². The molecule has 39 heavy (non-hydrogen) atoms. The van der Waals surface area contributed by atoms with Gasteiger partial charge in [-0.15, -0.1) is 0 Å². The van der Waals surface area contributed by atoms with Crippen molar-refractivity contribution in [2.75, 3.05) is 37.9 Å². The SMILES string of the molecule is CCO[Si](CCCNC(=O)OCCCc1cccc(N(c2ccccc2)c2ccccc2)c1)(OCC)OCC. The molecule has 7 nitrogen and oxygen atoms in total. The molecule has 3 rings (SSSR count). The maximum Gasteiger partial charge on any atom is 0.500 e. The van der Waals surface area contributed by atoms with Gasteiger partial charge >= 0.3 is 14.9 Å². The molecule has 0 aromatic heterocycles. The van der Waals surface area contributed by atoms with Crippen molar-refractivity contribution in [1.82, 2.24) is 5.32 Å². The van der Waals surface area contributed by atoms with Crippen molar-refractivity contribution in [3.8, 4) is 0 Å². The molecule has 210 valence electrons. The van der Waals surface area contributed by atoms with Crippen molar-refractivity contribution in [3.63, 3.8) is 0 Å². The van der Waals surface area contributed by atoms with Crippen LogP contribution >= 0.6 is 0 Å². The minimum absolute atomic E-state index is 0.354. The van der Waals surface area contributed by atoms with Crippen molar-refractivity contribution in [2.45, 2.75) is 46.1 Å². The van der Waals surface area contributed by atoms with Crippen molar-refractivity contribution in [3.05, 3.63) is 90.5 Å². The summed E-state index contributed by atoms with van der Waals surface area (Å²) in [6.45, 7) is 8.28. The van der Waals surface area contributed by atoms with E-state index in [4.69, 9.17) is 18.0 Å². The Labute approximate surface area is 234 Å². The molecule has 0 spiro atoms. The van der Waals surface area contributed by atoms with Crippen LogP contribution in [0.2, 0.25) is 6.04 Å². The van der Waals surface area contributed by atoms with Gasteiger partial charge in [0.25, 0.3) is 0 Å². The van der Waals surface area contributed by atoms with Gasteiger partial charge in [0, 0.05) is 49.5 Å². The molecule has 1 amide bonds. The summed E-state index contributed by atoms with van der Waals surface area (Å²) < 4.78 is 23.0. The van der Waals surface area contributed by atoms with Crippen LogP contribution in [0.5, 0.6) is 0 Å². The number of aryl methyl sites for hydroxylation is 1. The van der Waals surface area contributed by atoms with Crippen LogP contribution in [0.4, 0.5) is 21.9 Å². The van der Waals surface area contributed by atoms with Crippen LogP contribution in [-0.4, -0.2) is 47.9 Å². The minimum Gasteiger partial charge on any atom is -0.450 e. The van der Waals surface area contributed by atoms with Crippen LogP contribution in [0.15, 0.2) is 84.9 Å². The van der Waals surface area contributed by atoms with Crippen molar-refractivity contribution in [2.24, 2.45) is 0 Å². The molecule has 0 aliphatic carbocycles. The molecule has 0 unspecified atom stereocenters. The van der Waals surface area contributed by atoms with Gasteiger partial charge in [0.2, 0.25) is 0 Å². The number of carbonyl (C=O) groups is 1. The van der Waals surface area contributed by atoms with Crippen LogP contribution in [-0.2, 0) is 24.4 Å². The van der Waals surface area contributed by atoms with E-state index in [-0.39, 0.29) is 0 Å². The third-order valence-corrected chi connectivity index (χ3v) is 9.21. The maximum atomic E-state index is 12.2. The smallest absolute Gasteiger partial charge is 0.450 e. The van der Waals surface area contributed by atoms with E-state index in [0.717, 1.165) is 29.9 Å². The van der Waals surface area contributed by atoms with Gasteiger partial charge in [-0.25, -0.2) is 4.79 Å². The van der Waals surface area contributed by atoms with Crippen molar-refractivity contribution >= 4 is 32.0 Å². The predicted molar refractivity (Wildman–Crippen MR) is 159 cm³/mol. The van der Waals surface area contributed by atoms with E-state index in [1.807, 2.05) is 57.2 Å². The third kappa shape index (κ3) is 9.82. The summed E-state index contributed by atoms with van der Waals surface area (Å²) >= 11 is 0. The predicted octanol–water partition coefficient (Wildman–Crippen LogP) is 7.25. The van der Waals surface area contributed by atoms with Crippen LogP contribution in [0.1, 0.15) is 39.2 Å². The number of nitrogens with zero attached hydrogens (tertiary/aromatic N) is 1. The Morgan fingerprint density at radius 3 is 1.87 bits per heavy atom. The molecule has 1 N–H and O–H groups in total. The molecule has 0 atom stereocenters. The molecular formula is C31H42N2O5Si. The van der Waals surface area contributed by atoms with Crippen LogP contribution in [0.3, 0.4) is 0 Å². The van der Waals surface area contributed by atoms with Gasteiger partial charge in [-0.3, -0.25) is 0 Å². The summed E-state index contributed by atoms with van der Waals surface area (Å²) in [7, 11) is -2.69. The molecular weight excluding hydrogens is 508 g/mol. The Morgan fingerprint density at radius 2 is 1.31 bits per heavy atom. The fourth-order valence-electron chi connectivity index (χ4n) is 4.44. The van der Waals surface area contributed by atoms with E-state index < -0.39 is 14.9 Å². The molecule has 0 saturated heterocycles. The molecule has 0 bridgehead atoms. The van der Waals surface area contributed by atoms with E-state index in [9.17, 15) is 4.79 Å². The zero-order valence-electron chi connectivity index (χ0n) is 23.4. The zero-order chi connectivity index (χ0) is 27.8. The zero-order valence-corrected chi connectivity index (χ0v) is 24.4. The lowest BCUT2D eigenvalue weighted by molar-refractivity contribution is 0.0706. The number of carbonyl (C=O) groups excluding carboxylic acids is 1. The average molecular weight is 551 g/mol. The number of anilines is 3. The van der Waals surface area contributed by atoms with Crippen LogP contribution in [0.25, 0.3) is 0 Å². The number of para-hydroxylation sites is 2. The maximum absolute atomic E-state index is 12.2. The Kier molecular flexibility index (Phi) is 13.0. The quantitative estimate of drug-likeness (QED) is 0.141. The minimum atomic E-state index is -2.69. The number of rotatable bonds is 17. The van der Waals surface area contributed by atoms with Crippen LogP contribution in [0, 0.1) is 0 Å². The first-order chi connectivity index (χ1) is 19.1. The highest BCUT2D eigenvalue weighted by Gasteiger charge is 2.39. The molecule has 0 radical (unpaired) electrons. The van der Waals surface area contributed by atoms with E-state index in [0.29, 0.717) is 45.4 Å². The molecule has 0 aliphatic rings. The Hall–Kier alpha value is -3.17. The number of nitrogens with one attached hydrogen (secondary N) is 1. The second kappa shape index (κ2) is 16.7. The van der Waals surface area contributed by atoms with Gasteiger partial charge in [-0.2, -0.15) is 0 Å². The van der Waals surface area contributed by atoms with Crippen molar-refractivity contribution < 1.29 is 22.8 Å². The van der Waals surface area contributed by atoms with Crippen molar-refractivity contribution in [1.29, 1.82) is 0 Å². The highest BCUT2D eigenvalue weighted by atomic mass is 28.4. The van der Waals surface area contributed by atoms with Gasteiger partial charge < -0.3 is 28.2 Å². The topological polar surface area (TPSA) is 69.3 Å². The van der Waals surface area contributed by atoms with E-state index in [1.54, 1.807) is 0 Å². The lowest BCUT2D eigenvalue weighted by atomic mass is 10.1. The average Bonchev–Trinajstić information content (AvgIpc) is 2.96. The first-order valence-electron chi connectivity index (χ1n) is 13.9. The van der Waals surface area contributed by atoms with Gasteiger partial charge in [0.15, 0.2) is 0 Å². The second-order valence-electron chi connectivity index (χ2n) is 8.93. The molecule has 3 aromatic carbocycles. The fourth-order valence-corrected chi connectivity index (χ4v) is 7.05. The summed E-state index contributed by atoms with van der Waals surface area (Å²) in [6, 6.07) is 29.8. The standard InChI is InChI=1S/C31H42N2O5Si/c1-4-36-39(37-5-2,38-6-3)25-15-23-32-31(34)35-24-14-17-27-16-13-22-30(26-27)33(28-18-9-7-10-19-28)29-20-11-8-12-21-29/h7-13,16,18-22,26H,4-6,14-15,17,23-25H2,1-3H3,(H,32,34). The summed E-state index contributed by atoms with van der Waals surface area (Å²) in [5.74, 6) is 0. The summed E-state index contributed by atoms with van der Waals surface area (Å²) in [4.78, 5) is 14.4. The Bertz CT molecular complexity index is 1040. The molecule has 0 fully saturated rings. The number of hydrogen-bond acceptors (Lipinski definition) is 6. The Balaban J connectivity index is 1.47. The largest absolute Gasteiger partial charge is 0.500 e. The molecule has 0 saturated carbocycles. The summed E-state index contributed by atoms with van der Waals surface area (Å²) in [5.41, 5.74) is 4.49. The van der Waals surface area contributed by atoms with Gasteiger partial charge in [0.1, 0.15) is 0 Å². The molecule has 3 aromatic rings. The number of ether oxygens (including phenoxy) is 1. The van der Waals surface area contributed by atoms with E-state index in [1.165, 1.54) is 5.56 Å². The highest BCUT2D eigenvalue weighted by Crippen LogP contribution is 2.34. The molecule has 0 heterocycles. The monoisotopic (exact) mass is 550 g/mol. The van der Waals surface area contributed by atoms with Crippen LogP contribution < -0.4 is 10.2 Å². The van der Waals surface area contributed by atoms with Gasteiger partial charge in [-0.05, 0) is 82.0 Å². The number of hydrogen-bond donors (Lipinski definition) is 1. The lowest BCUT2D eigenvalue weighted by Crippen LogP contribution is -2.46. The number of amides is 1. The number of benzene rings is 3. The highest BCUT2D eigenvalue weighted by molar-refractivity contribution is 6.60. The normalized spacial score (nSPS) is 11.3. The van der Waals surface area contributed by atoms with Gasteiger partial charge in [-0.1, -0.05) is 48.5 Å². The fraction of sp³-hybridized carbons (Fsp3) is 0.387.